The molecule has 1 amide bonds. The van der Waals surface area contributed by atoms with E-state index in [0.717, 1.165) is 11.3 Å². The first-order chi connectivity index (χ1) is 14.4. The van der Waals surface area contributed by atoms with Gasteiger partial charge in [-0.05, 0) is 42.2 Å². The standard InChI is InChI=1S/C23H27N3O4/c1-16(2)12-13-25-22(28)19-6-4-5-7-20(19)26(23(25)29)15-21(27)24-14-17-8-10-18(30-3)11-9-17/h4-11,16H,12-15H2,1-3H3,(H,24,27). The van der Waals surface area contributed by atoms with Gasteiger partial charge in [-0.3, -0.25) is 18.7 Å². The van der Waals surface area contributed by atoms with Crippen LogP contribution in [0.15, 0.2) is 58.1 Å². The van der Waals surface area contributed by atoms with E-state index in [1.54, 1.807) is 31.4 Å². The van der Waals surface area contributed by atoms with Crippen LogP contribution >= 0.6 is 0 Å². The Morgan fingerprint density at radius 1 is 1.03 bits per heavy atom. The molecule has 0 aliphatic carbocycles. The number of amides is 1. The lowest BCUT2D eigenvalue weighted by Crippen LogP contribution is -2.42. The summed E-state index contributed by atoms with van der Waals surface area (Å²) >= 11 is 0. The van der Waals surface area contributed by atoms with Gasteiger partial charge >= 0.3 is 5.69 Å². The zero-order valence-corrected chi connectivity index (χ0v) is 17.6. The van der Waals surface area contributed by atoms with Gasteiger partial charge in [-0.15, -0.1) is 0 Å². The molecular weight excluding hydrogens is 382 g/mol. The van der Waals surface area contributed by atoms with Crippen LogP contribution in [-0.2, 0) is 24.4 Å². The second kappa shape index (κ2) is 9.43. The maximum absolute atomic E-state index is 13.0. The molecule has 0 bridgehead atoms. The number of benzene rings is 2. The maximum atomic E-state index is 13.0. The zero-order valence-electron chi connectivity index (χ0n) is 17.6. The highest BCUT2D eigenvalue weighted by atomic mass is 16.5. The molecule has 1 heterocycles. The average Bonchev–Trinajstić information content (AvgIpc) is 2.75. The zero-order chi connectivity index (χ0) is 21.7. The third-order valence-electron chi connectivity index (χ3n) is 5.01. The molecule has 0 saturated heterocycles. The van der Waals surface area contributed by atoms with Crippen molar-refractivity contribution in [2.75, 3.05) is 7.11 Å². The number of carbonyl (C=O) groups excluding carboxylic acids is 1. The fourth-order valence-electron chi connectivity index (χ4n) is 3.25. The Morgan fingerprint density at radius 3 is 2.40 bits per heavy atom. The molecule has 2 aromatic carbocycles. The van der Waals surface area contributed by atoms with E-state index in [2.05, 4.69) is 5.32 Å². The molecule has 1 N–H and O–H groups in total. The summed E-state index contributed by atoms with van der Waals surface area (Å²) < 4.78 is 7.74. The second-order valence-corrected chi connectivity index (χ2v) is 7.65. The molecule has 3 aromatic rings. The number of hydrogen-bond donors (Lipinski definition) is 1. The van der Waals surface area contributed by atoms with Gasteiger partial charge in [0.2, 0.25) is 5.91 Å². The Hall–Kier alpha value is -3.35. The largest absolute Gasteiger partial charge is 0.497 e. The molecule has 0 unspecified atom stereocenters. The molecule has 158 valence electrons. The highest BCUT2D eigenvalue weighted by molar-refractivity contribution is 5.81. The molecular formula is C23H27N3O4. The van der Waals surface area contributed by atoms with E-state index < -0.39 is 5.69 Å². The van der Waals surface area contributed by atoms with E-state index in [1.165, 1.54) is 9.13 Å². The normalized spacial score (nSPS) is 11.1. The quantitative estimate of drug-likeness (QED) is 0.620. The van der Waals surface area contributed by atoms with Gasteiger partial charge in [-0.25, -0.2) is 4.79 Å². The fourth-order valence-corrected chi connectivity index (χ4v) is 3.25. The summed E-state index contributed by atoms with van der Waals surface area (Å²) in [5, 5.41) is 3.27. The van der Waals surface area contributed by atoms with Gasteiger partial charge in [0, 0.05) is 13.1 Å². The number of ether oxygens (including phenoxy) is 1. The number of methoxy groups -OCH3 is 1. The Bertz CT molecular complexity index is 1140. The molecule has 1 aromatic heterocycles. The van der Waals surface area contributed by atoms with Crippen molar-refractivity contribution < 1.29 is 9.53 Å². The first kappa shape index (κ1) is 21.4. The van der Waals surface area contributed by atoms with Crippen molar-refractivity contribution in [2.45, 2.75) is 39.9 Å². The molecule has 0 spiro atoms. The number of hydrogen-bond acceptors (Lipinski definition) is 4. The highest BCUT2D eigenvalue weighted by Gasteiger charge is 2.15. The van der Waals surface area contributed by atoms with Crippen LogP contribution in [0.25, 0.3) is 10.9 Å². The minimum atomic E-state index is -0.459. The first-order valence-electron chi connectivity index (χ1n) is 10.0. The number of rotatable bonds is 8. The van der Waals surface area contributed by atoms with Crippen LogP contribution in [0.4, 0.5) is 0 Å². The van der Waals surface area contributed by atoms with Crippen LogP contribution in [-0.4, -0.2) is 22.2 Å². The monoisotopic (exact) mass is 409 g/mol. The van der Waals surface area contributed by atoms with E-state index in [1.807, 2.05) is 38.1 Å². The lowest BCUT2D eigenvalue weighted by atomic mass is 10.1. The van der Waals surface area contributed by atoms with Gasteiger partial charge in [0.15, 0.2) is 0 Å². The van der Waals surface area contributed by atoms with Crippen LogP contribution in [0.5, 0.6) is 5.75 Å². The molecule has 0 fully saturated rings. The van der Waals surface area contributed by atoms with Crippen LogP contribution in [0.2, 0.25) is 0 Å². The first-order valence-corrected chi connectivity index (χ1v) is 10.0. The van der Waals surface area contributed by atoms with Crippen LogP contribution < -0.4 is 21.3 Å². The minimum Gasteiger partial charge on any atom is -0.497 e. The Balaban J connectivity index is 1.85. The summed E-state index contributed by atoms with van der Waals surface area (Å²) in [6, 6.07) is 14.3. The predicted octanol–water partition coefficient (Wildman–Crippen LogP) is 2.53. The van der Waals surface area contributed by atoms with Crippen molar-refractivity contribution >= 4 is 16.8 Å². The van der Waals surface area contributed by atoms with Crippen molar-refractivity contribution in [1.82, 2.24) is 14.5 Å². The van der Waals surface area contributed by atoms with Gasteiger partial charge in [0.1, 0.15) is 12.3 Å². The van der Waals surface area contributed by atoms with Crippen LogP contribution in [0.3, 0.4) is 0 Å². The maximum Gasteiger partial charge on any atom is 0.331 e. The summed E-state index contributed by atoms with van der Waals surface area (Å²) in [4.78, 5) is 38.4. The smallest absolute Gasteiger partial charge is 0.331 e. The van der Waals surface area contributed by atoms with Crippen molar-refractivity contribution in [3.05, 3.63) is 74.9 Å². The SMILES string of the molecule is COc1ccc(CNC(=O)Cn2c(=O)n(CCC(C)C)c(=O)c3ccccc32)cc1. The van der Waals surface area contributed by atoms with E-state index >= 15 is 0 Å². The Labute approximate surface area is 174 Å². The summed E-state index contributed by atoms with van der Waals surface area (Å²) in [7, 11) is 1.60. The van der Waals surface area contributed by atoms with E-state index in [9.17, 15) is 14.4 Å². The van der Waals surface area contributed by atoms with Gasteiger partial charge in [0.25, 0.3) is 5.56 Å². The fraction of sp³-hybridized carbons (Fsp3) is 0.348. The summed E-state index contributed by atoms with van der Waals surface area (Å²) in [6.45, 7) is 4.59. The summed E-state index contributed by atoms with van der Waals surface area (Å²) in [6.07, 6.45) is 0.706. The van der Waals surface area contributed by atoms with Crippen LogP contribution in [0, 0.1) is 5.92 Å². The summed E-state index contributed by atoms with van der Waals surface area (Å²) in [5.74, 6) is 0.794. The van der Waals surface area contributed by atoms with Crippen molar-refractivity contribution in [3.8, 4) is 5.75 Å². The van der Waals surface area contributed by atoms with Crippen LogP contribution in [0.1, 0.15) is 25.8 Å². The van der Waals surface area contributed by atoms with E-state index in [0.29, 0.717) is 36.3 Å². The average molecular weight is 409 g/mol. The molecule has 7 heteroatoms. The third-order valence-corrected chi connectivity index (χ3v) is 5.01. The molecule has 0 atom stereocenters. The molecule has 0 aliphatic rings. The second-order valence-electron chi connectivity index (χ2n) is 7.65. The van der Waals surface area contributed by atoms with Crippen molar-refractivity contribution in [3.63, 3.8) is 0 Å². The number of para-hydroxylation sites is 1. The molecule has 3 rings (SSSR count). The highest BCUT2D eigenvalue weighted by Crippen LogP contribution is 2.11. The van der Waals surface area contributed by atoms with E-state index in [4.69, 9.17) is 4.74 Å². The molecule has 7 nitrogen and oxygen atoms in total. The topological polar surface area (TPSA) is 82.3 Å². The molecule has 0 aliphatic heterocycles. The molecule has 0 saturated carbocycles. The van der Waals surface area contributed by atoms with Gasteiger partial charge in [-0.2, -0.15) is 0 Å². The number of nitrogens with one attached hydrogen (secondary N) is 1. The lowest BCUT2D eigenvalue weighted by molar-refractivity contribution is -0.121. The van der Waals surface area contributed by atoms with E-state index in [-0.39, 0.29) is 18.0 Å². The van der Waals surface area contributed by atoms with Gasteiger partial charge < -0.3 is 10.1 Å². The van der Waals surface area contributed by atoms with Gasteiger partial charge in [0.05, 0.1) is 18.0 Å². The Morgan fingerprint density at radius 2 is 1.73 bits per heavy atom. The molecule has 0 radical (unpaired) electrons. The third kappa shape index (κ3) is 4.79. The minimum absolute atomic E-state index is 0.155. The van der Waals surface area contributed by atoms with Crippen molar-refractivity contribution in [2.24, 2.45) is 5.92 Å². The van der Waals surface area contributed by atoms with Crippen molar-refractivity contribution in [1.29, 1.82) is 0 Å². The Kier molecular flexibility index (Phi) is 6.72. The number of nitrogens with zero attached hydrogens (tertiary/aromatic N) is 2. The lowest BCUT2D eigenvalue weighted by Gasteiger charge is -2.15. The predicted molar refractivity (Wildman–Crippen MR) is 117 cm³/mol. The number of aromatic nitrogens is 2. The number of carbonyl (C=O) groups is 1. The summed E-state index contributed by atoms with van der Waals surface area (Å²) in [5.41, 5.74) is 0.612. The van der Waals surface area contributed by atoms with Gasteiger partial charge in [-0.1, -0.05) is 38.1 Å². The number of fused-ring (bicyclic) bond motifs is 1. The molecule has 30 heavy (non-hydrogen) atoms.